The Morgan fingerprint density at radius 1 is 0.240 bits per heavy atom. The lowest BCUT2D eigenvalue weighted by molar-refractivity contribution is -0.161. The zero-order valence-electron chi connectivity index (χ0n) is 65.2. The molecule has 0 aliphatic carbocycles. The van der Waals surface area contributed by atoms with Gasteiger partial charge in [-0.15, -0.1) is 0 Å². The first kappa shape index (κ1) is 98.1. The molecule has 0 saturated heterocycles. The molecule has 594 valence electrons. The van der Waals surface area contributed by atoms with Crippen LogP contribution in [-0.2, 0) is 65.4 Å². The lowest BCUT2D eigenvalue weighted by atomic mass is 10.0. The number of carbonyl (C=O) groups is 4. The molecule has 5 atom stereocenters. The predicted octanol–water partition coefficient (Wildman–Crippen LogP) is 24.6. The van der Waals surface area contributed by atoms with Crippen LogP contribution in [0.5, 0.6) is 0 Å². The van der Waals surface area contributed by atoms with E-state index in [1.807, 2.05) is 0 Å². The third kappa shape index (κ3) is 74.3. The second-order valence-electron chi connectivity index (χ2n) is 29.2. The van der Waals surface area contributed by atoms with Crippen molar-refractivity contribution in [3.05, 3.63) is 0 Å². The molecule has 0 bridgehead atoms. The molecular weight excluding hydrogens is 1310 g/mol. The number of rotatable bonds is 82. The first-order valence-electron chi connectivity index (χ1n) is 42.3. The van der Waals surface area contributed by atoms with E-state index in [4.69, 9.17) is 37.0 Å². The van der Waals surface area contributed by atoms with Crippen LogP contribution in [0.4, 0.5) is 0 Å². The molecule has 0 aromatic heterocycles. The molecule has 3 N–H and O–H groups in total. The van der Waals surface area contributed by atoms with Crippen LogP contribution in [0.15, 0.2) is 0 Å². The van der Waals surface area contributed by atoms with E-state index in [0.717, 1.165) is 89.9 Å². The van der Waals surface area contributed by atoms with Crippen molar-refractivity contribution in [3.63, 3.8) is 0 Å². The van der Waals surface area contributed by atoms with Gasteiger partial charge < -0.3 is 33.8 Å². The van der Waals surface area contributed by atoms with E-state index in [1.54, 1.807) is 0 Å². The smallest absolute Gasteiger partial charge is 0.462 e. The number of unbranched alkanes of at least 4 members (excludes halogenated alkanes) is 56. The monoisotopic (exact) mass is 1470 g/mol. The summed E-state index contributed by atoms with van der Waals surface area (Å²) in [7, 11) is -9.92. The molecule has 0 spiro atoms. The molecule has 0 aromatic carbocycles. The topological polar surface area (TPSA) is 237 Å². The summed E-state index contributed by atoms with van der Waals surface area (Å²) < 4.78 is 68.7. The third-order valence-electron chi connectivity index (χ3n) is 19.1. The second kappa shape index (κ2) is 75.3. The van der Waals surface area contributed by atoms with Gasteiger partial charge in [-0.05, 0) is 25.7 Å². The maximum Gasteiger partial charge on any atom is 0.472 e. The van der Waals surface area contributed by atoms with Crippen molar-refractivity contribution in [1.29, 1.82) is 0 Å². The Kier molecular flexibility index (Phi) is 73.8. The van der Waals surface area contributed by atoms with Gasteiger partial charge in [0, 0.05) is 25.7 Å². The lowest BCUT2D eigenvalue weighted by Crippen LogP contribution is -2.30. The maximum absolute atomic E-state index is 13.1. The standard InChI is InChI=1S/C81H158O17P2/c1-5-9-13-17-21-25-29-32-35-37-38-40-42-45-48-52-56-60-64-68-81(86)98-77(72-92-79(84)66-62-58-54-50-46-44-41-39-36-33-30-26-22-18-14-10-6-2)74-96-100(89,90)94-70-75(82)69-93-99(87,88)95-73-76(71-91-78(83)65-61-57-53-49-28-24-20-16-12-8-4)97-80(85)67-63-59-55-51-47-43-34-31-27-23-19-15-11-7-3/h75-77,82H,5-74H2,1-4H3,(H,87,88)(H,89,90)/t75-,76+,77+/m0/s1. The van der Waals surface area contributed by atoms with Gasteiger partial charge in [-0.1, -0.05) is 387 Å². The van der Waals surface area contributed by atoms with Gasteiger partial charge in [0.25, 0.3) is 0 Å². The molecule has 0 heterocycles. The molecule has 0 saturated carbocycles. The molecule has 0 radical (unpaired) electrons. The van der Waals surface area contributed by atoms with E-state index in [9.17, 15) is 43.2 Å². The van der Waals surface area contributed by atoms with Gasteiger partial charge in [0.1, 0.15) is 19.3 Å². The zero-order valence-corrected chi connectivity index (χ0v) is 67.0. The van der Waals surface area contributed by atoms with E-state index in [-0.39, 0.29) is 25.7 Å². The minimum Gasteiger partial charge on any atom is -0.462 e. The van der Waals surface area contributed by atoms with Gasteiger partial charge in [-0.3, -0.25) is 37.3 Å². The number of aliphatic hydroxyl groups excluding tert-OH is 1. The summed E-state index contributed by atoms with van der Waals surface area (Å²) in [5.41, 5.74) is 0. The molecule has 17 nitrogen and oxygen atoms in total. The zero-order chi connectivity index (χ0) is 73.2. The van der Waals surface area contributed by atoms with Crippen molar-refractivity contribution in [2.75, 3.05) is 39.6 Å². The molecule has 0 aliphatic rings. The van der Waals surface area contributed by atoms with E-state index in [1.165, 1.54) is 270 Å². The minimum absolute atomic E-state index is 0.109. The van der Waals surface area contributed by atoms with Crippen molar-refractivity contribution < 1.29 is 80.2 Å². The number of esters is 4. The number of phosphoric ester groups is 2. The minimum atomic E-state index is -4.96. The van der Waals surface area contributed by atoms with E-state index in [2.05, 4.69) is 27.7 Å². The van der Waals surface area contributed by atoms with Gasteiger partial charge in [0.15, 0.2) is 12.2 Å². The first-order valence-corrected chi connectivity index (χ1v) is 45.3. The highest BCUT2D eigenvalue weighted by Gasteiger charge is 2.30. The van der Waals surface area contributed by atoms with Gasteiger partial charge >= 0.3 is 39.5 Å². The summed E-state index contributed by atoms with van der Waals surface area (Å²) in [6, 6.07) is 0. The molecular formula is C81H158O17P2. The molecule has 0 rings (SSSR count). The van der Waals surface area contributed by atoms with Crippen LogP contribution in [0, 0.1) is 0 Å². The first-order chi connectivity index (χ1) is 48.7. The summed E-state index contributed by atoms with van der Waals surface area (Å²) in [6.07, 6.45) is 67.9. The lowest BCUT2D eigenvalue weighted by Gasteiger charge is -2.21. The Bertz CT molecular complexity index is 1890. The van der Waals surface area contributed by atoms with Gasteiger partial charge in [-0.2, -0.15) is 0 Å². The van der Waals surface area contributed by atoms with E-state index < -0.39 is 97.5 Å². The Morgan fingerprint density at radius 3 is 0.590 bits per heavy atom. The van der Waals surface area contributed by atoms with Crippen LogP contribution in [0.1, 0.15) is 439 Å². The SMILES string of the molecule is CCCCCCCCCCCCCCCCCCCCCC(=O)O[C@H](COC(=O)CCCCCCCCCCCCCCCCCCC)COP(=O)(O)OC[C@@H](O)COP(=O)(O)OC[C@@H](COC(=O)CCCCCCCCCCCC)OC(=O)CCCCCCCCCCCCCCCC. The number of carbonyl (C=O) groups excluding carboxylic acids is 4. The van der Waals surface area contributed by atoms with Gasteiger partial charge in [0.05, 0.1) is 26.4 Å². The summed E-state index contributed by atoms with van der Waals surface area (Å²) in [4.78, 5) is 73.0. The summed E-state index contributed by atoms with van der Waals surface area (Å²) in [5.74, 6) is -2.10. The van der Waals surface area contributed by atoms with Crippen molar-refractivity contribution in [2.45, 2.75) is 457 Å². The van der Waals surface area contributed by atoms with Crippen LogP contribution in [-0.4, -0.2) is 96.7 Å². The van der Waals surface area contributed by atoms with E-state index in [0.29, 0.717) is 25.7 Å². The van der Waals surface area contributed by atoms with Gasteiger partial charge in [-0.25, -0.2) is 9.13 Å². The van der Waals surface area contributed by atoms with Crippen LogP contribution in [0.2, 0.25) is 0 Å². The largest absolute Gasteiger partial charge is 0.472 e. The predicted molar refractivity (Wildman–Crippen MR) is 409 cm³/mol. The molecule has 0 fully saturated rings. The average molecular weight is 1470 g/mol. The number of aliphatic hydroxyl groups is 1. The van der Waals surface area contributed by atoms with Crippen LogP contribution in [0.25, 0.3) is 0 Å². The highest BCUT2D eigenvalue weighted by molar-refractivity contribution is 7.47. The van der Waals surface area contributed by atoms with E-state index >= 15 is 0 Å². The fourth-order valence-corrected chi connectivity index (χ4v) is 14.2. The second-order valence-corrected chi connectivity index (χ2v) is 32.1. The van der Waals surface area contributed by atoms with Gasteiger partial charge in [0.2, 0.25) is 0 Å². The highest BCUT2D eigenvalue weighted by atomic mass is 31.2. The Labute approximate surface area is 613 Å². The molecule has 0 amide bonds. The Morgan fingerprint density at radius 2 is 0.400 bits per heavy atom. The number of phosphoric acid groups is 2. The Hall–Kier alpha value is -1.94. The fourth-order valence-electron chi connectivity index (χ4n) is 12.6. The maximum atomic E-state index is 13.1. The van der Waals surface area contributed by atoms with Crippen molar-refractivity contribution in [1.82, 2.24) is 0 Å². The van der Waals surface area contributed by atoms with Crippen molar-refractivity contribution >= 4 is 39.5 Å². The van der Waals surface area contributed by atoms with Crippen molar-refractivity contribution in [2.24, 2.45) is 0 Å². The molecule has 0 aliphatic heterocycles. The van der Waals surface area contributed by atoms with Crippen molar-refractivity contribution in [3.8, 4) is 0 Å². The Balaban J connectivity index is 5.23. The third-order valence-corrected chi connectivity index (χ3v) is 21.0. The quantitative estimate of drug-likeness (QED) is 0.0222. The highest BCUT2D eigenvalue weighted by Crippen LogP contribution is 2.45. The van der Waals surface area contributed by atoms with Crippen LogP contribution in [0.3, 0.4) is 0 Å². The molecule has 0 aromatic rings. The molecule has 2 unspecified atom stereocenters. The van der Waals surface area contributed by atoms with Crippen LogP contribution >= 0.6 is 15.6 Å². The fraction of sp³-hybridized carbons (Fsp3) is 0.951. The number of hydrogen-bond acceptors (Lipinski definition) is 15. The average Bonchev–Trinajstić information content (AvgIpc) is 0.975. The summed E-state index contributed by atoms with van der Waals surface area (Å²) >= 11 is 0. The summed E-state index contributed by atoms with van der Waals surface area (Å²) in [6.45, 7) is 5.02. The number of hydrogen-bond donors (Lipinski definition) is 3. The summed E-state index contributed by atoms with van der Waals surface area (Å²) in [5, 5.41) is 10.6. The normalized spacial score (nSPS) is 13.8. The number of ether oxygens (including phenoxy) is 4. The van der Waals surface area contributed by atoms with Crippen LogP contribution < -0.4 is 0 Å². The molecule has 100 heavy (non-hydrogen) atoms. The molecule has 19 heteroatoms.